The highest BCUT2D eigenvalue weighted by Crippen LogP contribution is 2.26. The summed E-state index contributed by atoms with van der Waals surface area (Å²) in [6.07, 6.45) is -2.03. The van der Waals surface area contributed by atoms with Gasteiger partial charge in [-0.2, -0.15) is 0 Å². The van der Waals surface area contributed by atoms with E-state index in [1.165, 1.54) is 25.3 Å². The van der Waals surface area contributed by atoms with Crippen molar-refractivity contribution in [1.29, 1.82) is 0 Å². The molecule has 0 fully saturated rings. The zero-order valence-corrected chi connectivity index (χ0v) is 8.37. The van der Waals surface area contributed by atoms with Crippen LogP contribution >= 0.6 is 0 Å². The minimum Gasteiger partial charge on any atom is -0.496 e. The molecule has 0 aliphatic heterocycles. The van der Waals surface area contributed by atoms with Gasteiger partial charge in [-0.25, -0.2) is 14.7 Å². The maximum Gasteiger partial charge on any atom is 0.263 e. The Labute approximate surface area is 86.7 Å². The lowest BCUT2D eigenvalue weighted by atomic mass is 10.1. The third kappa shape index (κ3) is 3.14. The molecule has 3 nitrogen and oxygen atoms in total. The molecule has 1 aromatic rings. The quantitative estimate of drug-likeness (QED) is 0.768. The van der Waals surface area contributed by atoms with Gasteiger partial charge in [0.1, 0.15) is 5.75 Å². The number of benzene rings is 1. The van der Waals surface area contributed by atoms with Gasteiger partial charge in [-0.3, -0.25) is 0 Å². The first-order valence-corrected chi connectivity index (χ1v) is 4.45. The standard InChI is InChI=1S/C10H13F2NO2/c1-14-9-3-2-8(10(11)12)6-7(9)4-5-15-13/h2-3,6,10H,4-5,13H2,1H3. The third-order valence-electron chi connectivity index (χ3n) is 2.05. The van der Waals surface area contributed by atoms with Crippen molar-refractivity contribution < 1.29 is 18.4 Å². The van der Waals surface area contributed by atoms with Crippen LogP contribution in [-0.2, 0) is 11.3 Å². The zero-order valence-electron chi connectivity index (χ0n) is 8.37. The predicted molar refractivity (Wildman–Crippen MR) is 51.8 cm³/mol. The van der Waals surface area contributed by atoms with Crippen LogP contribution in [0.2, 0.25) is 0 Å². The van der Waals surface area contributed by atoms with Crippen LogP contribution in [0.4, 0.5) is 8.78 Å². The molecule has 0 saturated carbocycles. The molecule has 0 bridgehead atoms. The van der Waals surface area contributed by atoms with Crippen molar-refractivity contribution in [3.05, 3.63) is 29.3 Å². The summed E-state index contributed by atoms with van der Waals surface area (Å²) < 4.78 is 29.9. The van der Waals surface area contributed by atoms with E-state index in [4.69, 9.17) is 10.6 Å². The van der Waals surface area contributed by atoms with Gasteiger partial charge in [-0.05, 0) is 23.8 Å². The van der Waals surface area contributed by atoms with Crippen LogP contribution in [0.1, 0.15) is 17.6 Å². The first kappa shape index (κ1) is 11.9. The van der Waals surface area contributed by atoms with Crippen LogP contribution in [0.25, 0.3) is 0 Å². The molecule has 2 N–H and O–H groups in total. The lowest BCUT2D eigenvalue weighted by Gasteiger charge is -2.09. The van der Waals surface area contributed by atoms with Crippen LogP contribution in [0.5, 0.6) is 5.75 Å². The summed E-state index contributed by atoms with van der Waals surface area (Å²) in [7, 11) is 1.49. The van der Waals surface area contributed by atoms with Crippen LogP contribution in [0.15, 0.2) is 18.2 Å². The van der Waals surface area contributed by atoms with Gasteiger partial charge in [0.15, 0.2) is 0 Å². The monoisotopic (exact) mass is 217 g/mol. The molecular weight excluding hydrogens is 204 g/mol. The van der Waals surface area contributed by atoms with E-state index in [2.05, 4.69) is 4.84 Å². The number of hydrogen-bond donors (Lipinski definition) is 1. The highest BCUT2D eigenvalue weighted by molar-refractivity contribution is 5.37. The SMILES string of the molecule is COc1ccc(C(F)F)cc1CCON. The average molecular weight is 217 g/mol. The average Bonchev–Trinajstić information content (AvgIpc) is 2.25. The van der Waals surface area contributed by atoms with Crippen molar-refractivity contribution in [3.8, 4) is 5.75 Å². The van der Waals surface area contributed by atoms with Crippen molar-refractivity contribution in [2.45, 2.75) is 12.8 Å². The van der Waals surface area contributed by atoms with Gasteiger partial charge in [0.2, 0.25) is 0 Å². The smallest absolute Gasteiger partial charge is 0.263 e. The van der Waals surface area contributed by atoms with E-state index in [-0.39, 0.29) is 12.2 Å². The fourth-order valence-electron chi connectivity index (χ4n) is 1.30. The molecule has 0 aliphatic carbocycles. The van der Waals surface area contributed by atoms with Crippen molar-refractivity contribution in [2.75, 3.05) is 13.7 Å². The van der Waals surface area contributed by atoms with E-state index >= 15 is 0 Å². The predicted octanol–water partition coefficient (Wildman–Crippen LogP) is 2.07. The van der Waals surface area contributed by atoms with Crippen molar-refractivity contribution in [3.63, 3.8) is 0 Å². The Morgan fingerprint density at radius 1 is 1.40 bits per heavy atom. The first-order valence-electron chi connectivity index (χ1n) is 4.45. The summed E-state index contributed by atoms with van der Waals surface area (Å²) in [6.45, 7) is 0.267. The first-order chi connectivity index (χ1) is 7.19. The summed E-state index contributed by atoms with van der Waals surface area (Å²) in [6, 6.07) is 4.27. The van der Waals surface area contributed by atoms with E-state index in [1.54, 1.807) is 0 Å². The van der Waals surface area contributed by atoms with Crippen LogP contribution in [0.3, 0.4) is 0 Å². The number of nitrogens with two attached hydrogens (primary N) is 1. The topological polar surface area (TPSA) is 44.5 Å². The molecular formula is C10H13F2NO2. The number of methoxy groups -OCH3 is 1. The van der Waals surface area contributed by atoms with Gasteiger partial charge in [-0.15, -0.1) is 0 Å². The maximum absolute atomic E-state index is 12.4. The van der Waals surface area contributed by atoms with Crippen molar-refractivity contribution >= 4 is 0 Å². The Balaban J connectivity index is 2.91. The van der Waals surface area contributed by atoms with Crippen LogP contribution in [0, 0.1) is 0 Å². The fraction of sp³-hybridized carbons (Fsp3) is 0.400. The van der Waals surface area contributed by atoms with E-state index in [1.807, 2.05) is 0 Å². The van der Waals surface area contributed by atoms with Gasteiger partial charge < -0.3 is 9.57 Å². The summed E-state index contributed by atoms with van der Waals surface area (Å²) in [5, 5.41) is 0. The van der Waals surface area contributed by atoms with Crippen molar-refractivity contribution in [2.24, 2.45) is 5.90 Å². The number of ether oxygens (including phenoxy) is 1. The number of halogens is 2. The minimum atomic E-state index is -2.48. The summed E-state index contributed by atoms with van der Waals surface area (Å²) >= 11 is 0. The number of alkyl halides is 2. The van der Waals surface area contributed by atoms with E-state index in [0.29, 0.717) is 17.7 Å². The maximum atomic E-state index is 12.4. The van der Waals surface area contributed by atoms with Gasteiger partial charge in [0.05, 0.1) is 13.7 Å². The summed E-state index contributed by atoms with van der Waals surface area (Å²) in [4.78, 5) is 4.40. The molecule has 15 heavy (non-hydrogen) atoms. The van der Waals surface area contributed by atoms with E-state index in [9.17, 15) is 8.78 Å². The second-order valence-electron chi connectivity index (χ2n) is 2.99. The largest absolute Gasteiger partial charge is 0.496 e. The Kier molecular flexibility index (Phi) is 4.45. The third-order valence-corrected chi connectivity index (χ3v) is 2.05. The molecule has 1 aromatic carbocycles. The van der Waals surface area contributed by atoms with Crippen molar-refractivity contribution in [1.82, 2.24) is 0 Å². The van der Waals surface area contributed by atoms with Gasteiger partial charge in [0, 0.05) is 12.0 Å². The lowest BCUT2D eigenvalue weighted by molar-refractivity contribution is 0.140. The summed E-state index contributed by atoms with van der Waals surface area (Å²) in [5.41, 5.74) is 0.642. The van der Waals surface area contributed by atoms with Crippen LogP contribution < -0.4 is 10.6 Å². The number of hydrogen-bond acceptors (Lipinski definition) is 3. The molecule has 0 unspecified atom stereocenters. The Hall–Kier alpha value is -1.20. The van der Waals surface area contributed by atoms with Gasteiger partial charge in [0.25, 0.3) is 6.43 Å². The zero-order chi connectivity index (χ0) is 11.3. The fourth-order valence-corrected chi connectivity index (χ4v) is 1.30. The van der Waals surface area contributed by atoms with Crippen LogP contribution in [-0.4, -0.2) is 13.7 Å². The molecule has 0 spiro atoms. The molecule has 1 rings (SSSR count). The molecule has 0 radical (unpaired) electrons. The molecule has 0 heterocycles. The second kappa shape index (κ2) is 5.63. The summed E-state index contributed by atoms with van der Waals surface area (Å²) in [5.74, 6) is 5.44. The Bertz CT molecular complexity index is 318. The normalized spacial score (nSPS) is 10.7. The lowest BCUT2D eigenvalue weighted by Crippen LogP contribution is -2.05. The molecule has 0 aromatic heterocycles. The van der Waals surface area contributed by atoms with E-state index < -0.39 is 6.43 Å². The minimum absolute atomic E-state index is 0.0252. The molecule has 0 aliphatic rings. The molecule has 84 valence electrons. The van der Waals surface area contributed by atoms with Gasteiger partial charge in [-0.1, -0.05) is 0 Å². The Morgan fingerprint density at radius 2 is 2.13 bits per heavy atom. The van der Waals surface area contributed by atoms with Gasteiger partial charge >= 0.3 is 0 Å². The second-order valence-corrected chi connectivity index (χ2v) is 2.99. The number of rotatable bonds is 5. The van der Waals surface area contributed by atoms with E-state index in [0.717, 1.165) is 0 Å². The highest BCUT2D eigenvalue weighted by atomic mass is 19.3. The highest BCUT2D eigenvalue weighted by Gasteiger charge is 2.10. The Morgan fingerprint density at radius 3 is 2.67 bits per heavy atom. The molecule has 0 amide bonds. The molecule has 0 atom stereocenters. The molecule has 5 heteroatoms. The molecule has 0 saturated heterocycles.